The molecule has 11 heteroatoms. The van der Waals surface area contributed by atoms with Crippen LogP contribution < -0.4 is 15.8 Å². The van der Waals surface area contributed by atoms with E-state index in [-0.39, 0.29) is 29.1 Å². The molecule has 3 aliphatic rings. The van der Waals surface area contributed by atoms with Gasteiger partial charge in [-0.25, -0.2) is 4.98 Å². The summed E-state index contributed by atoms with van der Waals surface area (Å²) in [5.41, 5.74) is 5.53. The third kappa shape index (κ3) is 4.79. The standard InChI is InChI=1S/C32H36N6O4S/c1-31(2)12-22-21-7-9-37(30(41)27(21)43-25(22)13-31)28-23(15-39)20(6-8-33-28)18-10-24(29(40)36(5)14-18)34-26-11-19-16-42-32(3,4)17-38(19)35-26/h6,8,10-11,14,39H,7,9,12-13,15-17H2,1-5H3,(H,34,35). The molecule has 0 aromatic carbocycles. The van der Waals surface area contributed by atoms with E-state index in [2.05, 4.69) is 29.2 Å². The molecule has 6 heterocycles. The molecular formula is C32H36N6O4S. The summed E-state index contributed by atoms with van der Waals surface area (Å²) in [4.78, 5) is 35.4. The van der Waals surface area contributed by atoms with Crippen LogP contribution in [0.2, 0.25) is 0 Å². The lowest BCUT2D eigenvalue weighted by atomic mass is 9.89. The second-order valence-corrected chi connectivity index (χ2v) is 14.4. The van der Waals surface area contributed by atoms with Crippen molar-refractivity contribution in [3.05, 3.63) is 73.1 Å². The van der Waals surface area contributed by atoms with Crippen molar-refractivity contribution in [3.8, 4) is 11.1 Å². The van der Waals surface area contributed by atoms with Crippen molar-refractivity contribution < 1.29 is 14.6 Å². The van der Waals surface area contributed by atoms with Crippen LogP contribution in [0, 0.1) is 5.41 Å². The number of aromatic nitrogens is 4. The molecule has 0 atom stereocenters. The Balaban J connectivity index is 1.22. The fraction of sp³-hybridized carbons (Fsp3) is 0.438. The van der Waals surface area contributed by atoms with Crippen molar-refractivity contribution in [1.82, 2.24) is 19.3 Å². The van der Waals surface area contributed by atoms with Gasteiger partial charge in [0.15, 0.2) is 5.82 Å². The first kappa shape index (κ1) is 28.0. The van der Waals surface area contributed by atoms with Gasteiger partial charge in [0.2, 0.25) is 0 Å². The molecule has 0 saturated carbocycles. The molecule has 0 bridgehead atoms. The zero-order valence-corrected chi connectivity index (χ0v) is 26.0. The number of rotatable bonds is 5. The number of carbonyl (C=O) groups excluding carboxylic acids is 1. The molecule has 1 aliphatic carbocycles. The van der Waals surface area contributed by atoms with Crippen molar-refractivity contribution in [1.29, 1.82) is 0 Å². The number of aliphatic hydroxyl groups is 1. The number of hydrogen-bond donors (Lipinski definition) is 2. The number of ether oxygens (including phenoxy) is 1. The minimum Gasteiger partial charge on any atom is -0.392 e. The highest BCUT2D eigenvalue weighted by molar-refractivity contribution is 7.14. The van der Waals surface area contributed by atoms with Gasteiger partial charge in [-0.05, 0) is 67.3 Å². The lowest BCUT2D eigenvalue weighted by molar-refractivity contribution is -0.0660. The van der Waals surface area contributed by atoms with Crippen LogP contribution in [-0.4, -0.2) is 42.5 Å². The van der Waals surface area contributed by atoms with E-state index >= 15 is 0 Å². The van der Waals surface area contributed by atoms with Crippen LogP contribution in [0.5, 0.6) is 0 Å². The highest BCUT2D eigenvalue weighted by atomic mass is 32.1. The number of carbonyl (C=O) groups is 1. The molecule has 224 valence electrons. The van der Waals surface area contributed by atoms with Gasteiger partial charge < -0.3 is 19.7 Å². The molecule has 2 aliphatic heterocycles. The minimum absolute atomic E-state index is 0.0588. The maximum absolute atomic E-state index is 13.8. The third-order valence-electron chi connectivity index (χ3n) is 8.73. The van der Waals surface area contributed by atoms with Crippen molar-refractivity contribution in [2.24, 2.45) is 12.5 Å². The van der Waals surface area contributed by atoms with Crippen molar-refractivity contribution in [2.45, 2.75) is 72.3 Å². The summed E-state index contributed by atoms with van der Waals surface area (Å²) in [5.74, 6) is 0.957. The molecule has 1 amide bonds. The molecule has 0 saturated heterocycles. The van der Waals surface area contributed by atoms with Gasteiger partial charge in [-0.3, -0.25) is 19.2 Å². The lowest BCUT2D eigenvalue weighted by Crippen LogP contribution is -2.38. The van der Waals surface area contributed by atoms with Gasteiger partial charge in [0.1, 0.15) is 11.5 Å². The lowest BCUT2D eigenvalue weighted by Gasteiger charge is -2.30. The van der Waals surface area contributed by atoms with Gasteiger partial charge in [-0.1, -0.05) is 13.8 Å². The van der Waals surface area contributed by atoms with Crippen LogP contribution in [0.15, 0.2) is 35.4 Å². The molecule has 10 nitrogen and oxygen atoms in total. The molecule has 4 aromatic rings. The monoisotopic (exact) mass is 600 g/mol. The van der Waals surface area contributed by atoms with E-state index in [9.17, 15) is 14.7 Å². The predicted molar refractivity (Wildman–Crippen MR) is 166 cm³/mol. The Morgan fingerprint density at radius 1 is 1.14 bits per heavy atom. The molecule has 0 fully saturated rings. The Morgan fingerprint density at radius 3 is 2.74 bits per heavy atom. The molecule has 0 radical (unpaired) electrons. The average Bonchev–Trinajstić information content (AvgIpc) is 3.59. The fourth-order valence-electron chi connectivity index (χ4n) is 6.63. The molecular weight excluding hydrogens is 564 g/mol. The van der Waals surface area contributed by atoms with E-state index in [1.54, 1.807) is 41.7 Å². The second kappa shape index (κ2) is 9.87. The predicted octanol–water partition coefficient (Wildman–Crippen LogP) is 4.58. The third-order valence-corrected chi connectivity index (χ3v) is 9.99. The number of thiophene rings is 1. The number of nitrogens with one attached hydrogen (secondary N) is 1. The van der Waals surface area contributed by atoms with E-state index in [4.69, 9.17) is 4.74 Å². The number of anilines is 3. The van der Waals surface area contributed by atoms with Gasteiger partial charge in [0, 0.05) is 48.1 Å². The summed E-state index contributed by atoms with van der Waals surface area (Å²) in [7, 11) is 1.69. The largest absolute Gasteiger partial charge is 0.392 e. The summed E-state index contributed by atoms with van der Waals surface area (Å²) in [6.07, 6.45) is 6.17. The fourth-order valence-corrected chi connectivity index (χ4v) is 8.21. The number of nitrogens with zero attached hydrogens (tertiary/aromatic N) is 5. The quantitative estimate of drug-likeness (QED) is 0.345. The van der Waals surface area contributed by atoms with Gasteiger partial charge in [0.25, 0.3) is 11.5 Å². The number of aryl methyl sites for hydroxylation is 1. The smallest absolute Gasteiger partial charge is 0.274 e. The van der Waals surface area contributed by atoms with E-state index in [0.29, 0.717) is 53.7 Å². The molecule has 2 N–H and O–H groups in total. The zero-order valence-electron chi connectivity index (χ0n) is 25.2. The van der Waals surface area contributed by atoms with Crippen LogP contribution in [0.1, 0.15) is 64.6 Å². The Kier molecular flexibility index (Phi) is 6.42. The van der Waals surface area contributed by atoms with Crippen LogP contribution in [0.4, 0.5) is 17.3 Å². The maximum Gasteiger partial charge on any atom is 0.274 e. The number of aliphatic hydroxyl groups excluding tert-OH is 1. The summed E-state index contributed by atoms with van der Waals surface area (Å²) >= 11 is 1.62. The first-order chi connectivity index (χ1) is 20.4. The Bertz CT molecular complexity index is 1850. The van der Waals surface area contributed by atoms with Gasteiger partial charge in [0.05, 0.1) is 35.9 Å². The number of fused-ring (bicyclic) bond motifs is 4. The first-order valence-corrected chi connectivity index (χ1v) is 15.5. The van der Waals surface area contributed by atoms with E-state index in [1.807, 2.05) is 30.7 Å². The van der Waals surface area contributed by atoms with Crippen LogP contribution in [-0.2, 0) is 50.8 Å². The molecule has 4 aromatic heterocycles. The Labute approximate surface area is 253 Å². The highest BCUT2D eigenvalue weighted by Gasteiger charge is 2.39. The van der Waals surface area contributed by atoms with Crippen molar-refractivity contribution in [3.63, 3.8) is 0 Å². The number of pyridine rings is 2. The average molecular weight is 601 g/mol. The van der Waals surface area contributed by atoms with Crippen LogP contribution in [0.25, 0.3) is 11.1 Å². The Morgan fingerprint density at radius 2 is 1.95 bits per heavy atom. The van der Waals surface area contributed by atoms with E-state index < -0.39 is 0 Å². The molecule has 7 rings (SSSR count). The normalized spacial score (nSPS) is 18.4. The van der Waals surface area contributed by atoms with Gasteiger partial charge in [-0.2, -0.15) is 5.10 Å². The summed E-state index contributed by atoms with van der Waals surface area (Å²) in [6, 6.07) is 5.47. The summed E-state index contributed by atoms with van der Waals surface area (Å²) < 4.78 is 9.32. The van der Waals surface area contributed by atoms with Crippen molar-refractivity contribution in [2.75, 3.05) is 16.8 Å². The van der Waals surface area contributed by atoms with Gasteiger partial charge >= 0.3 is 0 Å². The summed E-state index contributed by atoms with van der Waals surface area (Å²) in [6.45, 7) is 9.87. The highest BCUT2D eigenvalue weighted by Crippen LogP contribution is 2.46. The maximum atomic E-state index is 13.8. The summed E-state index contributed by atoms with van der Waals surface area (Å²) in [5, 5.41) is 18.5. The molecule has 0 spiro atoms. The van der Waals surface area contributed by atoms with Crippen molar-refractivity contribution >= 4 is 34.6 Å². The molecule has 43 heavy (non-hydrogen) atoms. The molecule has 0 unspecified atom stereocenters. The van der Waals surface area contributed by atoms with Gasteiger partial charge in [-0.15, -0.1) is 11.3 Å². The first-order valence-electron chi connectivity index (χ1n) is 14.7. The topological polar surface area (TPSA) is 115 Å². The van der Waals surface area contributed by atoms with Crippen LogP contribution in [0.3, 0.4) is 0 Å². The second-order valence-electron chi connectivity index (χ2n) is 13.3. The zero-order chi connectivity index (χ0) is 30.3. The number of hydrogen-bond acceptors (Lipinski definition) is 8. The van der Waals surface area contributed by atoms with E-state index in [1.165, 1.54) is 20.6 Å². The Hall–Kier alpha value is -3.80. The number of amides is 1. The van der Waals surface area contributed by atoms with E-state index in [0.717, 1.165) is 29.8 Å². The van der Waals surface area contributed by atoms with Crippen LogP contribution >= 0.6 is 11.3 Å². The SMILES string of the molecule is Cn1cc(-c2ccnc(N3CCc4c(sc5c4CC(C)(C)C5)C3=O)c2CO)cc(Nc2cc3n(n2)CC(C)(C)OC3)c1=O. The minimum atomic E-state index is -0.316.